The Bertz CT molecular complexity index is 541. The third kappa shape index (κ3) is 3.09. The number of rotatable bonds is 2. The number of hydrogen-bond acceptors (Lipinski definition) is 4. The standard InChI is InChI=1S/C17H26N4O2/c22-17(15-13-16-21(18-15)10-4-12-23-16)20-9-3-5-14(6-11-20)19-7-1-2-8-19/h13-14H,1-12H2. The minimum Gasteiger partial charge on any atom is -0.478 e. The second-order valence-electron chi connectivity index (χ2n) is 6.91. The number of hydrogen-bond donors (Lipinski definition) is 0. The fraction of sp³-hybridized carbons (Fsp3) is 0.765. The summed E-state index contributed by atoms with van der Waals surface area (Å²) >= 11 is 0. The first-order chi connectivity index (χ1) is 11.3. The van der Waals surface area contributed by atoms with Crippen LogP contribution in [0.3, 0.4) is 0 Å². The molecule has 3 aliphatic rings. The molecular formula is C17H26N4O2. The van der Waals surface area contributed by atoms with Crippen LogP contribution in [0.4, 0.5) is 0 Å². The Kier molecular flexibility index (Phi) is 4.25. The van der Waals surface area contributed by atoms with Crippen LogP contribution < -0.4 is 4.74 Å². The number of aryl methyl sites for hydroxylation is 1. The van der Waals surface area contributed by atoms with Crippen molar-refractivity contribution in [2.75, 3.05) is 32.8 Å². The zero-order valence-corrected chi connectivity index (χ0v) is 13.7. The monoisotopic (exact) mass is 318 g/mol. The van der Waals surface area contributed by atoms with E-state index >= 15 is 0 Å². The highest BCUT2D eigenvalue weighted by molar-refractivity contribution is 5.92. The fourth-order valence-corrected chi connectivity index (χ4v) is 4.09. The highest BCUT2D eigenvalue weighted by Crippen LogP contribution is 2.23. The quantitative estimate of drug-likeness (QED) is 0.834. The first-order valence-electron chi connectivity index (χ1n) is 9.05. The lowest BCUT2D eigenvalue weighted by atomic mass is 10.1. The van der Waals surface area contributed by atoms with Gasteiger partial charge >= 0.3 is 0 Å². The van der Waals surface area contributed by atoms with Crippen LogP contribution in [0.15, 0.2) is 6.07 Å². The van der Waals surface area contributed by atoms with Gasteiger partial charge in [-0.1, -0.05) is 0 Å². The Morgan fingerprint density at radius 1 is 1.04 bits per heavy atom. The topological polar surface area (TPSA) is 50.6 Å². The van der Waals surface area contributed by atoms with Gasteiger partial charge in [-0.15, -0.1) is 0 Å². The summed E-state index contributed by atoms with van der Waals surface area (Å²) in [6, 6.07) is 2.47. The van der Waals surface area contributed by atoms with Crippen molar-refractivity contribution in [2.24, 2.45) is 0 Å². The molecule has 0 bridgehead atoms. The lowest BCUT2D eigenvalue weighted by molar-refractivity contribution is 0.0751. The molecule has 0 spiro atoms. The summed E-state index contributed by atoms with van der Waals surface area (Å²) in [6.07, 6.45) is 7.03. The molecule has 4 heterocycles. The molecule has 6 nitrogen and oxygen atoms in total. The molecule has 2 saturated heterocycles. The van der Waals surface area contributed by atoms with E-state index in [0.717, 1.165) is 51.4 Å². The summed E-state index contributed by atoms with van der Waals surface area (Å²) in [5.41, 5.74) is 0.543. The largest absolute Gasteiger partial charge is 0.478 e. The maximum Gasteiger partial charge on any atom is 0.274 e. The summed E-state index contributed by atoms with van der Waals surface area (Å²) in [4.78, 5) is 17.4. The van der Waals surface area contributed by atoms with Gasteiger partial charge in [-0.05, 0) is 45.2 Å². The molecule has 0 radical (unpaired) electrons. The highest BCUT2D eigenvalue weighted by Gasteiger charge is 2.28. The predicted octanol–water partition coefficient (Wildman–Crippen LogP) is 1.76. The van der Waals surface area contributed by atoms with Crippen LogP contribution in [-0.4, -0.2) is 64.3 Å². The Hall–Kier alpha value is -1.56. The molecule has 0 aromatic carbocycles. The van der Waals surface area contributed by atoms with E-state index in [1.54, 1.807) is 0 Å². The third-order valence-electron chi connectivity index (χ3n) is 5.37. The smallest absolute Gasteiger partial charge is 0.274 e. The molecule has 0 saturated carbocycles. The van der Waals surface area contributed by atoms with Gasteiger partial charge < -0.3 is 14.5 Å². The number of likely N-dealkylation sites (tertiary alicyclic amines) is 2. The summed E-state index contributed by atoms with van der Waals surface area (Å²) in [5.74, 6) is 0.807. The molecule has 1 aromatic rings. The van der Waals surface area contributed by atoms with Gasteiger partial charge in [0.1, 0.15) is 0 Å². The number of amides is 1. The van der Waals surface area contributed by atoms with Gasteiger partial charge in [0.2, 0.25) is 5.88 Å². The zero-order valence-electron chi connectivity index (χ0n) is 13.7. The number of aromatic nitrogens is 2. The SMILES string of the molecule is O=C(c1cc2n(n1)CCCO2)N1CCCC(N2CCCC2)CC1. The maximum absolute atomic E-state index is 12.8. The van der Waals surface area contributed by atoms with Gasteiger partial charge in [0.25, 0.3) is 5.91 Å². The Morgan fingerprint density at radius 2 is 1.91 bits per heavy atom. The molecule has 126 valence electrons. The highest BCUT2D eigenvalue weighted by atomic mass is 16.5. The lowest BCUT2D eigenvalue weighted by Crippen LogP contribution is -2.35. The van der Waals surface area contributed by atoms with Crippen molar-refractivity contribution < 1.29 is 9.53 Å². The Balaban J connectivity index is 1.41. The van der Waals surface area contributed by atoms with E-state index in [1.165, 1.54) is 32.4 Å². The van der Waals surface area contributed by atoms with Crippen LogP contribution in [0, 0.1) is 0 Å². The summed E-state index contributed by atoms with van der Waals surface area (Å²) in [6.45, 7) is 5.75. The first-order valence-corrected chi connectivity index (χ1v) is 9.05. The second kappa shape index (κ2) is 6.51. The fourth-order valence-electron chi connectivity index (χ4n) is 4.09. The van der Waals surface area contributed by atoms with Crippen molar-refractivity contribution >= 4 is 5.91 Å². The zero-order chi connectivity index (χ0) is 15.6. The normalized spacial score (nSPS) is 25.7. The van der Waals surface area contributed by atoms with Gasteiger partial charge in [-0.3, -0.25) is 4.79 Å². The molecule has 3 aliphatic heterocycles. The van der Waals surface area contributed by atoms with E-state index in [-0.39, 0.29) is 5.91 Å². The number of carbonyl (C=O) groups is 1. The van der Waals surface area contributed by atoms with Crippen molar-refractivity contribution in [1.29, 1.82) is 0 Å². The number of ether oxygens (including phenoxy) is 1. The predicted molar refractivity (Wildman–Crippen MR) is 86.7 cm³/mol. The van der Waals surface area contributed by atoms with Crippen molar-refractivity contribution in [3.05, 3.63) is 11.8 Å². The van der Waals surface area contributed by atoms with Crippen LogP contribution >= 0.6 is 0 Å². The van der Waals surface area contributed by atoms with E-state index in [9.17, 15) is 4.79 Å². The Labute approximate surface area is 137 Å². The third-order valence-corrected chi connectivity index (χ3v) is 5.37. The van der Waals surface area contributed by atoms with E-state index in [2.05, 4.69) is 10.00 Å². The van der Waals surface area contributed by atoms with Gasteiger partial charge in [-0.2, -0.15) is 5.10 Å². The molecule has 1 unspecified atom stereocenters. The van der Waals surface area contributed by atoms with E-state index < -0.39 is 0 Å². The van der Waals surface area contributed by atoms with Crippen molar-refractivity contribution in [3.8, 4) is 5.88 Å². The minimum atomic E-state index is 0.0672. The summed E-state index contributed by atoms with van der Waals surface area (Å²) in [5, 5.41) is 4.44. The first kappa shape index (κ1) is 15.0. The van der Waals surface area contributed by atoms with E-state index in [4.69, 9.17) is 4.74 Å². The van der Waals surface area contributed by atoms with Crippen molar-refractivity contribution in [1.82, 2.24) is 19.6 Å². The molecule has 4 rings (SSSR count). The average molecular weight is 318 g/mol. The van der Waals surface area contributed by atoms with Crippen LogP contribution in [0.2, 0.25) is 0 Å². The Morgan fingerprint density at radius 3 is 2.74 bits per heavy atom. The van der Waals surface area contributed by atoms with Gasteiger partial charge in [0, 0.05) is 38.2 Å². The summed E-state index contributed by atoms with van der Waals surface area (Å²) in [7, 11) is 0. The molecule has 6 heteroatoms. The second-order valence-corrected chi connectivity index (χ2v) is 6.91. The molecule has 1 atom stereocenters. The van der Waals surface area contributed by atoms with Crippen LogP contribution in [0.5, 0.6) is 5.88 Å². The molecule has 0 aliphatic carbocycles. The molecule has 1 aromatic heterocycles. The van der Waals surface area contributed by atoms with E-state index in [0.29, 0.717) is 11.7 Å². The number of nitrogens with zero attached hydrogens (tertiary/aromatic N) is 4. The van der Waals surface area contributed by atoms with Gasteiger partial charge in [-0.25, -0.2) is 4.68 Å². The van der Waals surface area contributed by atoms with Gasteiger partial charge in [0.15, 0.2) is 5.69 Å². The van der Waals surface area contributed by atoms with E-state index in [1.807, 2.05) is 15.6 Å². The van der Waals surface area contributed by atoms with Crippen LogP contribution in [0.25, 0.3) is 0 Å². The van der Waals surface area contributed by atoms with Crippen LogP contribution in [0.1, 0.15) is 49.0 Å². The molecule has 0 N–H and O–H groups in total. The molecule has 23 heavy (non-hydrogen) atoms. The summed E-state index contributed by atoms with van der Waals surface area (Å²) < 4.78 is 7.39. The lowest BCUT2D eigenvalue weighted by Gasteiger charge is -2.26. The molecular weight excluding hydrogens is 292 g/mol. The number of carbonyl (C=O) groups excluding carboxylic acids is 1. The number of fused-ring (bicyclic) bond motifs is 1. The van der Waals surface area contributed by atoms with Crippen molar-refractivity contribution in [3.63, 3.8) is 0 Å². The van der Waals surface area contributed by atoms with Crippen LogP contribution in [-0.2, 0) is 6.54 Å². The molecule has 2 fully saturated rings. The van der Waals surface area contributed by atoms with Gasteiger partial charge in [0.05, 0.1) is 6.61 Å². The average Bonchev–Trinajstić information content (AvgIpc) is 3.19. The molecule has 1 amide bonds. The maximum atomic E-state index is 12.8. The minimum absolute atomic E-state index is 0.0672. The van der Waals surface area contributed by atoms with Crippen molar-refractivity contribution in [2.45, 2.75) is 51.1 Å².